The summed E-state index contributed by atoms with van der Waals surface area (Å²) in [6, 6.07) is 0. The molecule has 1 aliphatic heterocycles. The molecule has 1 aliphatic rings. The molecule has 1 fully saturated rings. The quantitative estimate of drug-likeness (QED) is 0.677. The summed E-state index contributed by atoms with van der Waals surface area (Å²) in [7, 11) is 0. The standard InChI is InChI=1S/C10H19NOS/c1-3-8(2)10(12)11-6-4-9(13)5-7-11/h8-9,13H,3-7H2,1-2H3. The summed E-state index contributed by atoms with van der Waals surface area (Å²) >= 11 is 4.41. The van der Waals surface area contributed by atoms with Crippen molar-refractivity contribution in [2.75, 3.05) is 13.1 Å². The molecule has 0 bridgehead atoms. The molecule has 0 saturated carbocycles. The number of carbonyl (C=O) groups excluding carboxylic acids is 1. The molecule has 3 heteroatoms. The Balaban J connectivity index is 2.40. The molecule has 2 nitrogen and oxygen atoms in total. The first-order valence-corrected chi connectivity index (χ1v) is 5.63. The Hall–Kier alpha value is -0.180. The van der Waals surface area contributed by atoms with E-state index in [1.54, 1.807) is 0 Å². The fraction of sp³-hybridized carbons (Fsp3) is 0.900. The van der Waals surface area contributed by atoms with Gasteiger partial charge in [-0.15, -0.1) is 0 Å². The van der Waals surface area contributed by atoms with Gasteiger partial charge in [-0.25, -0.2) is 0 Å². The Morgan fingerprint density at radius 3 is 2.54 bits per heavy atom. The molecule has 1 heterocycles. The lowest BCUT2D eigenvalue weighted by atomic mass is 10.0. The summed E-state index contributed by atoms with van der Waals surface area (Å²) in [5, 5.41) is 0.501. The van der Waals surface area contributed by atoms with Crippen LogP contribution in [0.1, 0.15) is 33.1 Å². The van der Waals surface area contributed by atoms with Crippen LogP contribution in [0.4, 0.5) is 0 Å². The number of likely N-dealkylation sites (tertiary alicyclic amines) is 1. The van der Waals surface area contributed by atoms with Crippen molar-refractivity contribution in [3.63, 3.8) is 0 Å². The first-order chi connectivity index (χ1) is 6.15. The van der Waals surface area contributed by atoms with Crippen molar-refractivity contribution >= 4 is 18.5 Å². The van der Waals surface area contributed by atoms with E-state index in [-0.39, 0.29) is 5.92 Å². The number of hydrogen-bond donors (Lipinski definition) is 1. The third kappa shape index (κ3) is 2.90. The average molecular weight is 201 g/mol. The third-order valence-electron chi connectivity index (χ3n) is 2.81. The Morgan fingerprint density at radius 2 is 2.08 bits per heavy atom. The van der Waals surface area contributed by atoms with Gasteiger partial charge in [-0.3, -0.25) is 4.79 Å². The molecule has 13 heavy (non-hydrogen) atoms. The van der Waals surface area contributed by atoms with Crippen LogP contribution in [0.15, 0.2) is 0 Å². The van der Waals surface area contributed by atoms with Crippen molar-refractivity contribution in [1.82, 2.24) is 4.90 Å². The summed E-state index contributed by atoms with van der Waals surface area (Å²) in [6.07, 6.45) is 3.04. The van der Waals surface area contributed by atoms with Crippen molar-refractivity contribution in [3.05, 3.63) is 0 Å². The second-order valence-corrected chi connectivity index (χ2v) is 4.60. The maximum atomic E-state index is 11.7. The van der Waals surface area contributed by atoms with Crippen molar-refractivity contribution in [1.29, 1.82) is 0 Å². The van der Waals surface area contributed by atoms with Gasteiger partial charge in [0.15, 0.2) is 0 Å². The van der Waals surface area contributed by atoms with Crippen LogP contribution in [0.25, 0.3) is 0 Å². The molecule has 1 saturated heterocycles. The molecule has 76 valence electrons. The summed E-state index contributed by atoms with van der Waals surface area (Å²) in [6.45, 7) is 5.87. The molecular weight excluding hydrogens is 182 g/mol. The van der Waals surface area contributed by atoms with E-state index >= 15 is 0 Å². The van der Waals surface area contributed by atoms with Crippen LogP contribution < -0.4 is 0 Å². The highest BCUT2D eigenvalue weighted by molar-refractivity contribution is 7.80. The van der Waals surface area contributed by atoms with Crippen molar-refractivity contribution < 1.29 is 4.79 Å². The molecule has 1 amide bonds. The SMILES string of the molecule is CCC(C)C(=O)N1CCC(S)CC1. The highest BCUT2D eigenvalue weighted by Gasteiger charge is 2.23. The van der Waals surface area contributed by atoms with E-state index in [0.717, 1.165) is 32.4 Å². The normalized spacial score (nSPS) is 21.6. The highest BCUT2D eigenvalue weighted by Crippen LogP contribution is 2.17. The average Bonchev–Trinajstić information content (AvgIpc) is 2.17. The first kappa shape index (κ1) is 10.9. The molecule has 1 atom stereocenters. The number of rotatable bonds is 2. The lowest BCUT2D eigenvalue weighted by molar-refractivity contribution is -0.135. The van der Waals surface area contributed by atoms with Crippen LogP contribution in [0.2, 0.25) is 0 Å². The van der Waals surface area contributed by atoms with Gasteiger partial charge in [-0.05, 0) is 19.3 Å². The van der Waals surface area contributed by atoms with Gasteiger partial charge in [-0.2, -0.15) is 12.6 Å². The maximum Gasteiger partial charge on any atom is 0.225 e. The van der Waals surface area contributed by atoms with E-state index in [1.165, 1.54) is 0 Å². The van der Waals surface area contributed by atoms with Gasteiger partial charge in [0, 0.05) is 24.3 Å². The minimum absolute atomic E-state index is 0.191. The second kappa shape index (κ2) is 4.89. The second-order valence-electron chi connectivity index (χ2n) is 3.87. The molecule has 0 spiro atoms. The minimum atomic E-state index is 0.191. The monoisotopic (exact) mass is 201 g/mol. The van der Waals surface area contributed by atoms with Gasteiger partial charge in [0.2, 0.25) is 5.91 Å². The number of thiol groups is 1. The van der Waals surface area contributed by atoms with Gasteiger partial charge in [-0.1, -0.05) is 13.8 Å². The van der Waals surface area contributed by atoms with E-state index < -0.39 is 0 Å². The third-order valence-corrected chi connectivity index (χ3v) is 3.33. The Bertz CT molecular complexity index is 176. The predicted molar refractivity (Wildman–Crippen MR) is 58.0 cm³/mol. The van der Waals surface area contributed by atoms with Crippen LogP contribution in [0, 0.1) is 5.92 Å². The van der Waals surface area contributed by atoms with E-state index in [0.29, 0.717) is 11.2 Å². The smallest absolute Gasteiger partial charge is 0.225 e. The molecular formula is C10H19NOS. The van der Waals surface area contributed by atoms with Gasteiger partial charge in [0.1, 0.15) is 0 Å². The zero-order valence-electron chi connectivity index (χ0n) is 8.49. The molecule has 0 aliphatic carbocycles. The van der Waals surface area contributed by atoms with E-state index in [4.69, 9.17) is 0 Å². The van der Waals surface area contributed by atoms with Crippen molar-refractivity contribution in [2.24, 2.45) is 5.92 Å². The summed E-state index contributed by atoms with van der Waals surface area (Å²) in [4.78, 5) is 13.7. The van der Waals surface area contributed by atoms with Gasteiger partial charge in [0.05, 0.1) is 0 Å². The van der Waals surface area contributed by atoms with Crippen LogP contribution in [0.5, 0.6) is 0 Å². The van der Waals surface area contributed by atoms with Crippen LogP contribution in [0.3, 0.4) is 0 Å². The van der Waals surface area contributed by atoms with Crippen LogP contribution in [-0.2, 0) is 4.79 Å². The van der Waals surface area contributed by atoms with Crippen molar-refractivity contribution in [2.45, 2.75) is 38.4 Å². The predicted octanol–water partition coefficient (Wildman–Crippen LogP) is 1.95. The first-order valence-electron chi connectivity index (χ1n) is 5.12. The topological polar surface area (TPSA) is 20.3 Å². The fourth-order valence-corrected chi connectivity index (χ4v) is 1.80. The molecule has 0 aromatic carbocycles. The van der Waals surface area contributed by atoms with E-state index in [9.17, 15) is 4.79 Å². The van der Waals surface area contributed by atoms with E-state index in [2.05, 4.69) is 19.6 Å². The largest absolute Gasteiger partial charge is 0.342 e. The lowest BCUT2D eigenvalue weighted by Gasteiger charge is -2.31. The number of nitrogens with zero attached hydrogens (tertiary/aromatic N) is 1. The number of carbonyl (C=O) groups is 1. The van der Waals surface area contributed by atoms with E-state index in [1.807, 2.05) is 11.8 Å². The van der Waals surface area contributed by atoms with Crippen molar-refractivity contribution in [3.8, 4) is 0 Å². The molecule has 0 radical (unpaired) electrons. The summed E-state index contributed by atoms with van der Waals surface area (Å²) in [5.41, 5.74) is 0. The maximum absolute atomic E-state index is 11.7. The molecule has 0 aromatic heterocycles. The van der Waals surface area contributed by atoms with Gasteiger partial charge >= 0.3 is 0 Å². The zero-order valence-corrected chi connectivity index (χ0v) is 9.39. The Labute approximate surface area is 86.1 Å². The molecule has 1 rings (SSSR count). The van der Waals surface area contributed by atoms with Crippen LogP contribution in [-0.4, -0.2) is 29.1 Å². The summed E-state index contributed by atoms with van der Waals surface area (Å²) in [5.74, 6) is 0.513. The van der Waals surface area contributed by atoms with Crippen LogP contribution >= 0.6 is 12.6 Å². The highest BCUT2D eigenvalue weighted by atomic mass is 32.1. The van der Waals surface area contributed by atoms with Gasteiger partial charge < -0.3 is 4.90 Å². The minimum Gasteiger partial charge on any atom is -0.342 e. The molecule has 0 aromatic rings. The lowest BCUT2D eigenvalue weighted by Crippen LogP contribution is -2.41. The Kier molecular flexibility index (Phi) is 4.10. The summed E-state index contributed by atoms with van der Waals surface area (Å²) < 4.78 is 0. The Morgan fingerprint density at radius 1 is 1.54 bits per heavy atom. The van der Waals surface area contributed by atoms with Gasteiger partial charge in [0.25, 0.3) is 0 Å². The number of hydrogen-bond acceptors (Lipinski definition) is 2. The fourth-order valence-electron chi connectivity index (χ4n) is 1.57. The zero-order chi connectivity index (χ0) is 9.84. The molecule has 1 unspecified atom stereocenters. The molecule has 0 N–H and O–H groups in total. The number of amides is 1. The number of piperidine rings is 1.